The SMILES string of the molecule is C.C#CC(OCC=C)(c1ccccc1)c1ccccc1.C=CC1=CCOC1(c1ccccc1)c1ccccc1.PPP.S=S=S. The standard InChI is InChI=1S/2C18H16O.CH4.H5P3.S3/c1-2-15-13-14-19-18(15,16-9-5-3-6-10-16)17-11-7-4-8-12-17;1-3-15-19-18(4-2,16-11-7-5-8-12-16)17-13-9-6-10-14-17;;2*1-3-2/h2-13H,1,14H2;2-3,5-14H,1,15H2;1H4;3H,1-2H2;. The maximum Gasteiger partial charge on any atom is 0.179 e. The van der Waals surface area contributed by atoms with Crippen LogP contribution in [0.2, 0.25) is 0 Å². The maximum absolute atomic E-state index is 6.15. The van der Waals surface area contributed by atoms with Gasteiger partial charge in [-0.25, -0.2) is 0 Å². The summed E-state index contributed by atoms with van der Waals surface area (Å²) >= 11 is 8.25. The lowest BCUT2D eigenvalue weighted by atomic mass is 9.80. The molecule has 0 aliphatic carbocycles. The van der Waals surface area contributed by atoms with Crippen LogP contribution in [0.3, 0.4) is 0 Å². The normalized spacial score (nSPS) is 12.3. The largest absolute Gasteiger partial charge is 0.357 e. The highest BCUT2D eigenvalue weighted by molar-refractivity contribution is 8.37. The van der Waals surface area contributed by atoms with Gasteiger partial charge in [-0.05, 0) is 16.7 Å². The molecule has 0 spiro atoms. The Hall–Kier alpha value is -2.47. The summed E-state index contributed by atoms with van der Waals surface area (Å²) in [5.41, 5.74) is 3.93. The molecule has 0 fully saturated rings. The molecule has 234 valence electrons. The molecule has 2 nitrogen and oxygen atoms in total. The van der Waals surface area contributed by atoms with Gasteiger partial charge in [-0.2, -0.15) is 0 Å². The van der Waals surface area contributed by atoms with E-state index in [1.165, 1.54) is 0 Å². The van der Waals surface area contributed by atoms with Gasteiger partial charge in [-0.3, -0.25) is 0 Å². The maximum atomic E-state index is 6.15. The van der Waals surface area contributed by atoms with Crippen molar-refractivity contribution in [1.29, 1.82) is 0 Å². The van der Waals surface area contributed by atoms with Gasteiger partial charge in [-0.15, -0.1) is 30.9 Å². The van der Waals surface area contributed by atoms with Gasteiger partial charge in [0, 0.05) is 42.4 Å². The van der Waals surface area contributed by atoms with Crippen LogP contribution in [0, 0.1) is 12.3 Å². The third-order valence-corrected chi connectivity index (χ3v) is 6.57. The lowest BCUT2D eigenvalue weighted by molar-refractivity contribution is 0.0467. The van der Waals surface area contributed by atoms with Gasteiger partial charge in [-0.1, -0.05) is 167 Å². The molecule has 0 N–H and O–H groups in total. The first-order valence-corrected chi connectivity index (χ1v) is 20.8. The van der Waals surface area contributed by atoms with Crippen molar-refractivity contribution in [2.75, 3.05) is 13.2 Å². The van der Waals surface area contributed by atoms with E-state index in [-0.39, 0.29) is 7.43 Å². The fraction of sp³-hybridized carbons (Fsp3) is 0.135. The number of ether oxygens (including phenoxy) is 2. The van der Waals surface area contributed by atoms with Crippen LogP contribution in [-0.2, 0) is 51.9 Å². The number of rotatable bonds is 8. The molecule has 1 heterocycles. The van der Waals surface area contributed by atoms with E-state index >= 15 is 0 Å². The molecule has 2 atom stereocenters. The van der Waals surface area contributed by atoms with E-state index in [1.54, 1.807) is 6.08 Å². The Morgan fingerprint density at radius 3 is 1.56 bits per heavy atom. The first-order valence-electron chi connectivity index (χ1n) is 13.5. The van der Waals surface area contributed by atoms with E-state index < -0.39 is 11.2 Å². The van der Waals surface area contributed by atoms with Crippen LogP contribution in [0.1, 0.15) is 29.7 Å². The van der Waals surface area contributed by atoms with Crippen molar-refractivity contribution in [3.8, 4) is 12.3 Å². The van der Waals surface area contributed by atoms with Crippen LogP contribution >= 0.6 is 25.8 Å². The van der Waals surface area contributed by atoms with Crippen molar-refractivity contribution in [1.82, 2.24) is 0 Å². The molecule has 0 bridgehead atoms. The molecular weight excluding hydrogens is 666 g/mol. The van der Waals surface area contributed by atoms with Gasteiger partial charge in [0.2, 0.25) is 0 Å². The minimum atomic E-state index is -0.864. The predicted octanol–water partition coefficient (Wildman–Crippen LogP) is 9.71. The monoisotopic (exact) mass is 706 g/mol. The van der Waals surface area contributed by atoms with E-state index in [4.69, 9.17) is 15.9 Å². The Bertz CT molecular complexity index is 1440. The van der Waals surface area contributed by atoms with Crippen LogP contribution < -0.4 is 0 Å². The topological polar surface area (TPSA) is 18.5 Å². The second kappa shape index (κ2) is 22.9. The van der Waals surface area contributed by atoms with Crippen LogP contribution in [0.15, 0.2) is 158 Å². The molecular formula is C37H41O2P3S3. The molecule has 1 aliphatic rings. The third-order valence-electron chi connectivity index (χ3n) is 6.57. The van der Waals surface area contributed by atoms with Gasteiger partial charge in [0.05, 0.1) is 13.2 Å². The fourth-order valence-electron chi connectivity index (χ4n) is 4.79. The molecule has 0 radical (unpaired) electrons. The van der Waals surface area contributed by atoms with Gasteiger partial charge >= 0.3 is 0 Å². The quantitative estimate of drug-likeness (QED) is 0.103. The summed E-state index contributed by atoms with van der Waals surface area (Å²) in [6.07, 6.45) is 11.5. The third kappa shape index (κ3) is 11.1. The van der Waals surface area contributed by atoms with Gasteiger partial charge in [0.25, 0.3) is 0 Å². The van der Waals surface area contributed by atoms with E-state index in [1.807, 2.05) is 103 Å². The molecule has 8 heteroatoms. The molecule has 45 heavy (non-hydrogen) atoms. The van der Waals surface area contributed by atoms with Crippen LogP contribution in [-0.4, -0.2) is 13.2 Å². The minimum absolute atomic E-state index is 0. The number of terminal acetylenes is 1. The summed E-state index contributed by atoms with van der Waals surface area (Å²) < 4.78 is 12.1. The molecule has 0 amide bonds. The molecule has 5 rings (SSSR count). The van der Waals surface area contributed by atoms with Gasteiger partial charge in [0.15, 0.2) is 5.60 Å². The zero-order chi connectivity index (χ0) is 32.1. The van der Waals surface area contributed by atoms with Crippen molar-refractivity contribution in [3.05, 3.63) is 181 Å². The fourth-order valence-corrected chi connectivity index (χ4v) is 4.79. The Kier molecular flexibility index (Phi) is 20.7. The van der Waals surface area contributed by atoms with Gasteiger partial charge < -0.3 is 9.47 Å². The highest BCUT2D eigenvalue weighted by Crippen LogP contribution is 2.44. The molecule has 0 aromatic heterocycles. The molecule has 0 saturated heterocycles. The summed E-state index contributed by atoms with van der Waals surface area (Å²) in [4.78, 5) is 0. The predicted molar refractivity (Wildman–Crippen MR) is 213 cm³/mol. The molecule has 0 saturated carbocycles. The Balaban J connectivity index is 0.000000376. The average molecular weight is 707 g/mol. The summed E-state index contributed by atoms with van der Waals surface area (Å²) in [5, 5.41) is 0. The highest BCUT2D eigenvalue weighted by atomic mass is 33.1. The number of benzene rings is 4. The average Bonchev–Trinajstić information content (AvgIpc) is 3.53. The second-order valence-electron chi connectivity index (χ2n) is 8.98. The van der Waals surface area contributed by atoms with Crippen molar-refractivity contribution in [2.45, 2.75) is 18.6 Å². The summed E-state index contributed by atoms with van der Waals surface area (Å²) in [6, 6.07) is 40.3. The molecule has 2 unspecified atom stereocenters. The first kappa shape index (κ1) is 40.6. The Labute approximate surface area is 289 Å². The van der Waals surface area contributed by atoms with E-state index in [2.05, 4.69) is 89.7 Å². The van der Waals surface area contributed by atoms with Crippen LogP contribution in [0.25, 0.3) is 0 Å². The van der Waals surface area contributed by atoms with Crippen LogP contribution in [0.4, 0.5) is 0 Å². The number of hydrogen-bond acceptors (Lipinski definition) is 4. The molecule has 4 aromatic carbocycles. The van der Waals surface area contributed by atoms with E-state index in [9.17, 15) is 0 Å². The molecule has 1 aliphatic heterocycles. The first-order chi connectivity index (χ1) is 21.5. The highest BCUT2D eigenvalue weighted by Gasteiger charge is 2.40. The van der Waals surface area contributed by atoms with E-state index in [0.29, 0.717) is 13.2 Å². The van der Waals surface area contributed by atoms with Crippen molar-refractivity contribution < 1.29 is 9.47 Å². The lowest BCUT2D eigenvalue weighted by Gasteiger charge is -2.32. The summed E-state index contributed by atoms with van der Waals surface area (Å²) in [6.45, 7) is 8.65. The van der Waals surface area contributed by atoms with Gasteiger partial charge in [0.1, 0.15) is 5.60 Å². The minimum Gasteiger partial charge on any atom is -0.357 e. The number of hydrogen-bond donors (Lipinski definition) is 0. The second-order valence-corrected chi connectivity index (χ2v) is 15.1. The Morgan fingerprint density at radius 1 is 0.844 bits per heavy atom. The summed E-state index contributed by atoms with van der Waals surface area (Å²) in [5.74, 6) is 2.81. The van der Waals surface area contributed by atoms with Crippen molar-refractivity contribution in [2.24, 2.45) is 0 Å². The zero-order valence-electron chi connectivity index (χ0n) is 24.4. The smallest absolute Gasteiger partial charge is 0.179 e. The Morgan fingerprint density at radius 2 is 1.22 bits per heavy atom. The van der Waals surface area contributed by atoms with E-state index in [0.717, 1.165) is 44.7 Å². The summed E-state index contributed by atoms with van der Waals surface area (Å²) in [7, 11) is 6.97. The van der Waals surface area contributed by atoms with Crippen molar-refractivity contribution in [3.63, 3.8) is 0 Å². The molecule has 4 aromatic rings. The van der Waals surface area contributed by atoms with Crippen molar-refractivity contribution >= 4 is 57.1 Å². The lowest BCUT2D eigenvalue weighted by Crippen LogP contribution is -2.29. The van der Waals surface area contributed by atoms with Crippen LogP contribution in [0.5, 0.6) is 0 Å². The zero-order valence-corrected chi connectivity index (χ0v) is 30.1.